The number of nitrogens with one attached hydrogen (secondary N) is 2. The maximum Gasteiger partial charge on any atom is 0.255 e. The third kappa shape index (κ3) is 4.47. The smallest absolute Gasteiger partial charge is 0.255 e. The molecule has 0 aliphatic heterocycles. The zero-order valence-corrected chi connectivity index (χ0v) is 15.6. The van der Waals surface area contributed by atoms with Crippen LogP contribution in [-0.2, 0) is 10.0 Å². The normalized spacial score (nSPS) is 11.2. The molecular weight excluding hydrogens is 368 g/mol. The molecule has 0 saturated heterocycles. The number of sulfonamides is 1. The van der Waals surface area contributed by atoms with Crippen molar-refractivity contribution in [1.29, 1.82) is 0 Å². The van der Waals surface area contributed by atoms with Crippen LogP contribution in [-0.4, -0.2) is 40.3 Å². The Bertz CT molecular complexity index is 1050. The minimum atomic E-state index is -3.35. The van der Waals surface area contributed by atoms with Gasteiger partial charge in [-0.05, 0) is 72.3 Å². The van der Waals surface area contributed by atoms with Gasteiger partial charge in [0, 0.05) is 11.3 Å². The predicted molar refractivity (Wildman–Crippen MR) is 101 cm³/mol. The number of carbonyl (C=O) groups is 1. The van der Waals surface area contributed by atoms with Crippen LogP contribution in [0.1, 0.15) is 22.8 Å². The van der Waals surface area contributed by atoms with Gasteiger partial charge in [-0.15, -0.1) is 5.10 Å². The molecule has 0 saturated carbocycles. The van der Waals surface area contributed by atoms with E-state index in [1.807, 2.05) is 0 Å². The maximum atomic E-state index is 12.4. The second-order valence-electron chi connectivity index (χ2n) is 5.79. The van der Waals surface area contributed by atoms with E-state index in [0.717, 1.165) is 5.69 Å². The van der Waals surface area contributed by atoms with Gasteiger partial charge in [-0.3, -0.25) is 9.52 Å². The van der Waals surface area contributed by atoms with Crippen molar-refractivity contribution in [3.8, 4) is 5.69 Å². The standard InChI is InChI=1S/C17H18N6O3S/c1-3-27(25,26)20-16-9-6-14(10-12(16)2)19-17(24)13-4-7-15(8-5-13)23-11-18-21-22-23/h4-11,20H,3H2,1-2H3,(H,19,24). The summed E-state index contributed by atoms with van der Waals surface area (Å²) in [5.74, 6) is -0.287. The van der Waals surface area contributed by atoms with Gasteiger partial charge < -0.3 is 5.32 Å². The fourth-order valence-electron chi connectivity index (χ4n) is 2.34. The second kappa shape index (κ2) is 7.54. The number of nitrogens with zero attached hydrogens (tertiary/aromatic N) is 4. The molecule has 9 nitrogen and oxygen atoms in total. The average Bonchev–Trinajstić information content (AvgIpc) is 3.19. The molecule has 27 heavy (non-hydrogen) atoms. The van der Waals surface area contributed by atoms with Crippen LogP contribution < -0.4 is 10.0 Å². The zero-order valence-electron chi connectivity index (χ0n) is 14.7. The van der Waals surface area contributed by atoms with E-state index in [4.69, 9.17) is 0 Å². The van der Waals surface area contributed by atoms with E-state index in [0.29, 0.717) is 22.5 Å². The number of anilines is 2. The number of hydrogen-bond donors (Lipinski definition) is 2. The topological polar surface area (TPSA) is 119 Å². The van der Waals surface area contributed by atoms with Crippen molar-refractivity contribution < 1.29 is 13.2 Å². The van der Waals surface area contributed by atoms with Crippen LogP contribution in [0.15, 0.2) is 48.8 Å². The molecule has 0 spiro atoms. The largest absolute Gasteiger partial charge is 0.322 e. The summed E-state index contributed by atoms with van der Waals surface area (Å²) in [6.45, 7) is 3.33. The molecule has 2 aromatic carbocycles. The molecule has 3 rings (SSSR count). The first-order chi connectivity index (χ1) is 12.9. The molecule has 0 bridgehead atoms. The van der Waals surface area contributed by atoms with E-state index in [-0.39, 0.29) is 11.7 Å². The number of aryl methyl sites for hydroxylation is 1. The molecule has 0 radical (unpaired) electrons. The van der Waals surface area contributed by atoms with Crippen LogP contribution in [0.4, 0.5) is 11.4 Å². The van der Waals surface area contributed by atoms with E-state index in [1.165, 1.54) is 11.0 Å². The number of tetrazole rings is 1. The fourth-order valence-corrected chi connectivity index (χ4v) is 3.05. The Balaban J connectivity index is 1.71. The van der Waals surface area contributed by atoms with Crippen LogP contribution >= 0.6 is 0 Å². The quantitative estimate of drug-likeness (QED) is 0.669. The van der Waals surface area contributed by atoms with Crippen molar-refractivity contribution in [3.63, 3.8) is 0 Å². The second-order valence-corrected chi connectivity index (χ2v) is 7.80. The van der Waals surface area contributed by atoms with Gasteiger partial charge in [0.15, 0.2) is 0 Å². The van der Waals surface area contributed by atoms with Gasteiger partial charge in [0.25, 0.3) is 5.91 Å². The average molecular weight is 386 g/mol. The first-order valence-corrected chi connectivity index (χ1v) is 9.79. The van der Waals surface area contributed by atoms with Crippen LogP contribution in [0, 0.1) is 6.92 Å². The Labute approximate surface area is 156 Å². The van der Waals surface area contributed by atoms with Crippen molar-refractivity contribution in [2.24, 2.45) is 0 Å². The van der Waals surface area contributed by atoms with Crippen molar-refractivity contribution in [2.75, 3.05) is 15.8 Å². The number of rotatable bonds is 6. The summed E-state index contributed by atoms with van der Waals surface area (Å²) in [7, 11) is -3.35. The summed E-state index contributed by atoms with van der Waals surface area (Å²) < 4.78 is 27.4. The molecule has 1 amide bonds. The monoisotopic (exact) mass is 386 g/mol. The van der Waals surface area contributed by atoms with Crippen molar-refractivity contribution >= 4 is 27.3 Å². The van der Waals surface area contributed by atoms with E-state index in [2.05, 4.69) is 25.6 Å². The lowest BCUT2D eigenvalue weighted by atomic mass is 10.1. The van der Waals surface area contributed by atoms with Crippen LogP contribution in [0.5, 0.6) is 0 Å². The molecule has 140 valence electrons. The van der Waals surface area contributed by atoms with Crippen molar-refractivity contribution in [1.82, 2.24) is 20.2 Å². The summed E-state index contributed by atoms with van der Waals surface area (Å²) in [5.41, 5.74) is 2.97. The van der Waals surface area contributed by atoms with Crippen LogP contribution in [0.2, 0.25) is 0 Å². The molecule has 0 aliphatic rings. The first kappa shape index (κ1) is 18.5. The van der Waals surface area contributed by atoms with Crippen molar-refractivity contribution in [3.05, 3.63) is 59.9 Å². The van der Waals surface area contributed by atoms with Gasteiger partial charge in [-0.25, -0.2) is 13.1 Å². The zero-order chi connectivity index (χ0) is 19.4. The van der Waals surface area contributed by atoms with E-state index < -0.39 is 10.0 Å². The van der Waals surface area contributed by atoms with E-state index in [1.54, 1.807) is 56.3 Å². The summed E-state index contributed by atoms with van der Waals surface area (Å²) >= 11 is 0. The number of aromatic nitrogens is 4. The number of hydrogen-bond acceptors (Lipinski definition) is 6. The minimum Gasteiger partial charge on any atom is -0.322 e. The molecule has 0 unspecified atom stereocenters. The summed E-state index contributed by atoms with van der Waals surface area (Å²) in [4.78, 5) is 12.4. The third-order valence-electron chi connectivity index (χ3n) is 3.87. The highest BCUT2D eigenvalue weighted by Gasteiger charge is 2.11. The highest BCUT2D eigenvalue weighted by molar-refractivity contribution is 7.92. The fraction of sp³-hybridized carbons (Fsp3) is 0.176. The maximum absolute atomic E-state index is 12.4. The molecule has 0 atom stereocenters. The molecule has 1 aromatic heterocycles. The Morgan fingerprint density at radius 3 is 2.48 bits per heavy atom. The number of benzene rings is 2. The molecule has 1 heterocycles. The van der Waals surface area contributed by atoms with Gasteiger partial charge in [-0.1, -0.05) is 0 Å². The molecule has 0 aliphatic carbocycles. The van der Waals surface area contributed by atoms with Gasteiger partial charge >= 0.3 is 0 Å². The van der Waals surface area contributed by atoms with Crippen LogP contribution in [0.25, 0.3) is 5.69 Å². The molecule has 10 heteroatoms. The van der Waals surface area contributed by atoms with E-state index in [9.17, 15) is 13.2 Å². The molecule has 2 N–H and O–H groups in total. The lowest BCUT2D eigenvalue weighted by Crippen LogP contribution is -2.16. The highest BCUT2D eigenvalue weighted by Crippen LogP contribution is 2.21. The SMILES string of the molecule is CCS(=O)(=O)Nc1ccc(NC(=O)c2ccc(-n3cnnn3)cc2)cc1C. The number of carbonyl (C=O) groups excluding carboxylic acids is 1. The Morgan fingerprint density at radius 2 is 1.89 bits per heavy atom. The molecule has 3 aromatic rings. The third-order valence-corrected chi connectivity index (χ3v) is 5.16. The minimum absolute atomic E-state index is 0.00835. The van der Waals surface area contributed by atoms with E-state index >= 15 is 0 Å². The van der Waals surface area contributed by atoms with Gasteiger partial charge in [0.05, 0.1) is 17.1 Å². The summed E-state index contributed by atoms with van der Waals surface area (Å²) in [6.07, 6.45) is 1.46. The Morgan fingerprint density at radius 1 is 1.15 bits per heavy atom. The van der Waals surface area contributed by atoms with Gasteiger partial charge in [0.1, 0.15) is 6.33 Å². The van der Waals surface area contributed by atoms with Gasteiger partial charge in [0.2, 0.25) is 10.0 Å². The van der Waals surface area contributed by atoms with Crippen molar-refractivity contribution in [2.45, 2.75) is 13.8 Å². The summed E-state index contributed by atoms with van der Waals surface area (Å²) in [5, 5.41) is 13.7. The molecule has 0 fully saturated rings. The summed E-state index contributed by atoms with van der Waals surface area (Å²) in [6, 6.07) is 11.8. The number of amides is 1. The lowest BCUT2D eigenvalue weighted by molar-refractivity contribution is 0.102. The Kier molecular flexibility index (Phi) is 5.17. The highest BCUT2D eigenvalue weighted by atomic mass is 32.2. The first-order valence-electron chi connectivity index (χ1n) is 8.14. The van der Waals surface area contributed by atoms with Gasteiger partial charge in [-0.2, -0.15) is 0 Å². The predicted octanol–water partition coefficient (Wildman–Crippen LogP) is 1.98. The molecular formula is C17H18N6O3S. The van der Waals surface area contributed by atoms with Crippen LogP contribution in [0.3, 0.4) is 0 Å². The Hall–Kier alpha value is -3.27. The lowest BCUT2D eigenvalue weighted by Gasteiger charge is -2.12.